The Kier molecular flexibility index (Phi) is 4.71. The molecule has 9 heteroatoms. The Morgan fingerprint density at radius 2 is 1.91 bits per heavy atom. The molecular formula is C14H19N5O3S. The highest BCUT2D eigenvalue weighted by Gasteiger charge is 2.19. The molecule has 2 aromatic rings. The number of aryl methyl sites for hydroxylation is 1. The van der Waals surface area contributed by atoms with E-state index in [1.807, 2.05) is 6.92 Å². The van der Waals surface area contributed by atoms with Gasteiger partial charge in [0.2, 0.25) is 10.0 Å². The molecule has 0 aliphatic carbocycles. The highest BCUT2D eigenvalue weighted by atomic mass is 32.2. The van der Waals surface area contributed by atoms with Crippen molar-refractivity contribution in [3.63, 3.8) is 0 Å². The fourth-order valence-electron chi connectivity index (χ4n) is 2.01. The van der Waals surface area contributed by atoms with Gasteiger partial charge in [-0.25, -0.2) is 18.4 Å². The number of aromatic nitrogens is 2. The van der Waals surface area contributed by atoms with Gasteiger partial charge in [0.15, 0.2) is 5.82 Å². The van der Waals surface area contributed by atoms with Crippen LogP contribution in [0.2, 0.25) is 0 Å². The Hall–Kier alpha value is -2.39. The van der Waals surface area contributed by atoms with Gasteiger partial charge in [0.25, 0.3) is 0 Å². The molecule has 0 radical (unpaired) electrons. The third kappa shape index (κ3) is 4.08. The second-order valence-corrected chi connectivity index (χ2v) is 6.77. The highest BCUT2D eigenvalue weighted by Crippen LogP contribution is 2.21. The molecule has 1 heterocycles. The lowest BCUT2D eigenvalue weighted by molar-refractivity contribution is 0.208. The predicted octanol–water partition coefficient (Wildman–Crippen LogP) is 1.29. The van der Waals surface area contributed by atoms with E-state index >= 15 is 0 Å². The van der Waals surface area contributed by atoms with E-state index in [1.54, 1.807) is 43.2 Å². The summed E-state index contributed by atoms with van der Waals surface area (Å²) in [5.74, 6) is 0.459. The van der Waals surface area contributed by atoms with Crippen molar-refractivity contribution in [2.75, 3.05) is 12.4 Å². The van der Waals surface area contributed by atoms with Crippen LogP contribution in [-0.4, -0.2) is 36.2 Å². The molecule has 0 bridgehead atoms. The Bertz CT molecular complexity index is 798. The predicted molar refractivity (Wildman–Crippen MR) is 86.2 cm³/mol. The van der Waals surface area contributed by atoms with Gasteiger partial charge >= 0.3 is 6.03 Å². The molecule has 124 valence electrons. The number of hydrogen-bond acceptors (Lipinski definition) is 4. The number of urea groups is 1. The summed E-state index contributed by atoms with van der Waals surface area (Å²) in [6, 6.07) is 7.23. The SMILES string of the molecule is C[C@@H](c1ccc(S(N)(=O)=O)cc1)N(C)C(=O)Nc1ccn(C)n1. The molecule has 2 amide bonds. The minimum atomic E-state index is -3.72. The second-order valence-electron chi connectivity index (χ2n) is 5.21. The van der Waals surface area contributed by atoms with Crippen LogP contribution in [0.5, 0.6) is 0 Å². The van der Waals surface area contributed by atoms with Gasteiger partial charge in [-0.05, 0) is 24.6 Å². The topological polar surface area (TPSA) is 110 Å². The van der Waals surface area contributed by atoms with Crippen molar-refractivity contribution < 1.29 is 13.2 Å². The molecule has 0 spiro atoms. The zero-order chi connectivity index (χ0) is 17.2. The van der Waals surface area contributed by atoms with Crippen molar-refractivity contribution in [3.8, 4) is 0 Å². The number of anilines is 1. The molecule has 23 heavy (non-hydrogen) atoms. The van der Waals surface area contributed by atoms with Gasteiger partial charge in [-0.1, -0.05) is 12.1 Å². The van der Waals surface area contributed by atoms with Crippen molar-refractivity contribution in [1.82, 2.24) is 14.7 Å². The van der Waals surface area contributed by atoms with E-state index in [0.29, 0.717) is 5.82 Å². The van der Waals surface area contributed by atoms with E-state index < -0.39 is 10.0 Å². The van der Waals surface area contributed by atoms with Gasteiger partial charge in [0.1, 0.15) is 0 Å². The minimum Gasteiger partial charge on any atom is -0.321 e. The standard InChI is InChI=1S/C14H19N5O3S/c1-10(11-4-6-12(7-5-11)23(15,21)22)19(3)14(20)16-13-8-9-18(2)17-13/h4-10H,1-3H3,(H2,15,21,22)(H,16,17,20)/t10-/m0/s1. The Labute approximate surface area is 134 Å². The quantitative estimate of drug-likeness (QED) is 0.876. The number of hydrogen-bond donors (Lipinski definition) is 2. The summed E-state index contributed by atoms with van der Waals surface area (Å²) in [5, 5.41) is 11.8. The lowest BCUT2D eigenvalue weighted by Crippen LogP contribution is -2.33. The first-order valence-corrected chi connectivity index (χ1v) is 8.39. The molecule has 0 saturated heterocycles. The van der Waals surface area contributed by atoms with Crippen LogP contribution in [0.3, 0.4) is 0 Å². The van der Waals surface area contributed by atoms with Crippen LogP contribution in [0, 0.1) is 0 Å². The highest BCUT2D eigenvalue weighted by molar-refractivity contribution is 7.89. The molecule has 0 aliphatic heterocycles. The number of nitrogens with zero attached hydrogens (tertiary/aromatic N) is 3. The van der Waals surface area contributed by atoms with E-state index in [9.17, 15) is 13.2 Å². The van der Waals surface area contributed by atoms with Gasteiger partial charge < -0.3 is 4.90 Å². The summed E-state index contributed by atoms with van der Waals surface area (Å²) in [6.45, 7) is 1.84. The molecule has 1 atom stereocenters. The second kappa shape index (κ2) is 6.39. The summed E-state index contributed by atoms with van der Waals surface area (Å²) in [4.78, 5) is 13.7. The van der Waals surface area contributed by atoms with Crippen LogP contribution in [0.15, 0.2) is 41.4 Å². The summed E-state index contributed by atoms with van der Waals surface area (Å²) in [6.07, 6.45) is 1.73. The van der Waals surface area contributed by atoms with Gasteiger partial charge in [0.05, 0.1) is 10.9 Å². The molecule has 0 saturated carbocycles. The fraction of sp³-hybridized carbons (Fsp3) is 0.286. The Morgan fingerprint density at radius 3 is 2.39 bits per heavy atom. The maximum atomic E-state index is 12.2. The minimum absolute atomic E-state index is 0.0361. The number of nitrogens with one attached hydrogen (secondary N) is 1. The van der Waals surface area contributed by atoms with Gasteiger partial charge in [-0.3, -0.25) is 10.00 Å². The van der Waals surface area contributed by atoms with Crippen LogP contribution in [0.1, 0.15) is 18.5 Å². The molecular weight excluding hydrogens is 318 g/mol. The first-order chi connectivity index (χ1) is 10.7. The maximum Gasteiger partial charge on any atom is 0.323 e. The van der Waals surface area contributed by atoms with Crippen molar-refractivity contribution in [3.05, 3.63) is 42.1 Å². The smallest absolute Gasteiger partial charge is 0.321 e. The van der Waals surface area contributed by atoms with Gasteiger partial charge in [-0.15, -0.1) is 0 Å². The average Bonchev–Trinajstić information content (AvgIpc) is 2.90. The molecule has 0 unspecified atom stereocenters. The van der Waals surface area contributed by atoms with Crippen molar-refractivity contribution in [2.45, 2.75) is 17.9 Å². The van der Waals surface area contributed by atoms with Crippen LogP contribution >= 0.6 is 0 Å². The van der Waals surface area contributed by atoms with E-state index in [0.717, 1.165) is 5.56 Å². The average molecular weight is 337 g/mol. The third-order valence-electron chi connectivity index (χ3n) is 3.54. The van der Waals surface area contributed by atoms with Crippen LogP contribution in [-0.2, 0) is 17.1 Å². The fourth-order valence-corrected chi connectivity index (χ4v) is 2.53. The Balaban J connectivity index is 2.09. The van der Waals surface area contributed by atoms with Crippen LogP contribution < -0.4 is 10.5 Å². The molecule has 8 nitrogen and oxygen atoms in total. The normalized spacial score (nSPS) is 12.7. The van der Waals surface area contributed by atoms with Gasteiger partial charge in [-0.2, -0.15) is 5.10 Å². The zero-order valence-corrected chi connectivity index (χ0v) is 13.9. The van der Waals surface area contributed by atoms with E-state index in [2.05, 4.69) is 10.4 Å². The first-order valence-electron chi connectivity index (χ1n) is 6.84. The summed E-state index contributed by atoms with van der Waals surface area (Å²) >= 11 is 0. The number of primary sulfonamides is 1. The number of sulfonamides is 1. The molecule has 3 N–H and O–H groups in total. The largest absolute Gasteiger partial charge is 0.323 e. The summed E-state index contributed by atoms with van der Waals surface area (Å²) in [5.41, 5.74) is 0.788. The van der Waals surface area contributed by atoms with Crippen molar-refractivity contribution in [2.24, 2.45) is 12.2 Å². The number of rotatable bonds is 4. The number of carbonyl (C=O) groups is 1. The van der Waals surface area contributed by atoms with E-state index in [1.165, 1.54) is 17.0 Å². The number of benzene rings is 1. The zero-order valence-electron chi connectivity index (χ0n) is 13.1. The summed E-state index contributed by atoms with van der Waals surface area (Å²) < 4.78 is 24.1. The van der Waals surface area contributed by atoms with Crippen LogP contribution in [0.25, 0.3) is 0 Å². The van der Waals surface area contributed by atoms with Crippen molar-refractivity contribution >= 4 is 21.9 Å². The monoisotopic (exact) mass is 337 g/mol. The lowest BCUT2D eigenvalue weighted by Gasteiger charge is -2.25. The number of nitrogens with two attached hydrogens (primary N) is 1. The first kappa shape index (κ1) is 17.0. The van der Waals surface area contributed by atoms with Gasteiger partial charge in [0, 0.05) is 26.4 Å². The Morgan fingerprint density at radius 1 is 1.30 bits per heavy atom. The molecule has 0 aliphatic rings. The lowest BCUT2D eigenvalue weighted by atomic mass is 10.1. The molecule has 2 rings (SSSR count). The van der Waals surface area contributed by atoms with E-state index in [4.69, 9.17) is 5.14 Å². The van der Waals surface area contributed by atoms with E-state index in [-0.39, 0.29) is 17.0 Å². The number of amides is 2. The third-order valence-corrected chi connectivity index (χ3v) is 4.47. The molecule has 0 fully saturated rings. The summed E-state index contributed by atoms with van der Waals surface area (Å²) in [7, 11) is -0.315. The molecule has 1 aromatic carbocycles. The number of carbonyl (C=O) groups excluding carboxylic acids is 1. The van der Waals surface area contributed by atoms with Crippen molar-refractivity contribution in [1.29, 1.82) is 0 Å². The van der Waals surface area contributed by atoms with Crippen LogP contribution in [0.4, 0.5) is 10.6 Å². The maximum absolute atomic E-state index is 12.2. The molecule has 1 aromatic heterocycles.